The molecule has 0 aliphatic carbocycles. The van der Waals surface area contributed by atoms with Crippen LogP contribution in [0.1, 0.15) is 47.9 Å². The molecule has 1 N–H and O–H groups in total. The lowest BCUT2D eigenvalue weighted by atomic mass is 9.90. The zero-order valence-electron chi connectivity index (χ0n) is 12.8. The lowest BCUT2D eigenvalue weighted by Crippen LogP contribution is -2.14. The molecule has 0 bridgehead atoms. The molecule has 2 rings (SSSR count). The molecule has 0 spiro atoms. The molecule has 0 saturated heterocycles. The summed E-state index contributed by atoms with van der Waals surface area (Å²) in [5, 5.41) is 18.5. The number of rotatable bonds is 5. The first-order valence-corrected chi connectivity index (χ1v) is 7.33. The maximum Gasteiger partial charge on any atom is 0.311 e. The molecular formula is C19H19NO2. The first-order valence-electron chi connectivity index (χ1n) is 7.33. The molecule has 0 amide bonds. The zero-order valence-corrected chi connectivity index (χ0v) is 12.8. The fourth-order valence-electron chi connectivity index (χ4n) is 2.46. The molecule has 3 nitrogen and oxygen atoms in total. The van der Waals surface area contributed by atoms with E-state index in [1.54, 1.807) is 18.2 Å². The number of hydrogen-bond acceptors (Lipinski definition) is 2. The van der Waals surface area contributed by atoms with Crippen molar-refractivity contribution in [3.8, 4) is 6.07 Å². The van der Waals surface area contributed by atoms with Gasteiger partial charge in [-0.15, -0.1) is 0 Å². The average molecular weight is 293 g/mol. The minimum Gasteiger partial charge on any atom is -0.481 e. The van der Waals surface area contributed by atoms with Gasteiger partial charge in [-0.1, -0.05) is 50.2 Å². The van der Waals surface area contributed by atoms with Crippen molar-refractivity contribution in [3.63, 3.8) is 0 Å². The van der Waals surface area contributed by atoms with Crippen molar-refractivity contribution >= 4 is 5.97 Å². The van der Waals surface area contributed by atoms with Crippen molar-refractivity contribution < 1.29 is 9.90 Å². The summed E-state index contributed by atoms with van der Waals surface area (Å²) in [7, 11) is 0. The SMILES string of the molecule is CC(C)c1ccc(C(Cc2cccc(C#N)c2)C(=O)O)cc1. The van der Waals surface area contributed by atoms with Gasteiger partial charge in [0.25, 0.3) is 0 Å². The number of carbonyl (C=O) groups is 1. The van der Waals surface area contributed by atoms with Crippen LogP contribution in [-0.2, 0) is 11.2 Å². The van der Waals surface area contributed by atoms with Gasteiger partial charge in [-0.2, -0.15) is 5.26 Å². The van der Waals surface area contributed by atoms with E-state index in [0.717, 1.165) is 11.1 Å². The van der Waals surface area contributed by atoms with E-state index in [0.29, 0.717) is 17.9 Å². The van der Waals surface area contributed by atoms with E-state index in [9.17, 15) is 9.90 Å². The topological polar surface area (TPSA) is 61.1 Å². The molecule has 0 aliphatic rings. The Morgan fingerprint density at radius 2 is 1.77 bits per heavy atom. The molecule has 0 aromatic heterocycles. The normalized spacial score (nSPS) is 11.9. The first kappa shape index (κ1) is 15.8. The van der Waals surface area contributed by atoms with Crippen molar-refractivity contribution in [1.82, 2.24) is 0 Å². The molecule has 0 aliphatic heterocycles. The number of benzene rings is 2. The van der Waals surface area contributed by atoms with Crippen LogP contribution in [0.3, 0.4) is 0 Å². The van der Waals surface area contributed by atoms with Crippen LogP contribution in [0, 0.1) is 11.3 Å². The van der Waals surface area contributed by atoms with Gasteiger partial charge in [0.05, 0.1) is 17.6 Å². The molecule has 0 radical (unpaired) electrons. The standard InChI is InChI=1S/C19H19NO2/c1-13(2)16-6-8-17(9-7-16)18(19(21)22)11-14-4-3-5-15(10-14)12-20/h3-10,13,18H,11H2,1-2H3,(H,21,22). The average Bonchev–Trinajstić information content (AvgIpc) is 2.52. The second-order valence-electron chi connectivity index (χ2n) is 5.73. The van der Waals surface area contributed by atoms with E-state index in [1.165, 1.54) is 5.56 Å². The first-order chi connectivity index (χ1) is 10.5. The van der Waals surface area contributed by atoms with Gasteiger partial charge in [-0.25, -0.2) is 0 Å². The largest absolute Gasteiger partial charge is 0.481 e. The van der Waals surface area contributed by atoms with Gasteiger partial charge in [-0.05, 0) is 41.2 Å². The lowest BCUT2D eigenvalue weighted by Gasteiger charge is -2.14. The quantitative estimate of drug-likeness (QED) is 0.903. The maximum atomic E-state index is 11.6. The van der Waals surface area contributed by atoms with Gasteiger partial charge in [0.1, 0.15) is 0 Å². The highest BCUT2D eigenvalue weighted by Crippen LogP contribution is 2.24. The number of nitrogens with zero attached hydrogens (tertiary/aromatic N) is 1. The zero-order chi connectivity index (χ0) is 16.1. The van der Waals surface area contributed by atoms with Crippen molar-refractivity contribution in [2.24, 2.45) is 0 Å². The van der Waals surface area contributed by atoms with E-state index in [-0.39, 0.29) is 0 Å². The molecule has 112 valence electrons. The van der Waals surface area contributed by atoms with Gasteiger partial charge in [-0.3, -0.25) is 4.79 Å². The van der Waals surface area contributed by atoms with Crippen LogP contribution >= 0.6 is 0 Å². The molecule has 1 atom stereocenters. The molecule has 3 heteroatoms. The van der Waals surface area contributed by atoms with E-state index >= 15 is 0 Å². The second kappa shape index (κ2) is 6.91. The summed E-state index contributed by atoms with van der Waals surface area (Å²) in [4.78, 5) is 11.6. The monoisotopic (exact) mass is 293 g/mol. The third kappa shape index (κ3) is 3.73. The van der Waals surface area contributed by atoms with Crippen molar-refractivity contribution in [1.29, 1.82) is 5.26 Å². The van der Waals surface area contributed by atoms with Crippen LogP contribution in [0.5, 0.6) is 0 Å². The Balaban J connectivity index is 2.26. The molecule has 2 aromatic rings. The van der Waals surface area contributed by atoms with Crippen molar-refractivity contribution in [2.45, 2.75) is 32.1 Å². The molecule has 1 unspecified atom stereocenters. The number of aliphatic carboxylic acids is 1. The van der Waals surface area contributed by atoms with Crippen LogP contribution < -0.4 is 0 Å². The van der Waals surface area contributed by atoms with E-state index < -0.39 is 11.9 Å². The van der Waals surface area contributed by atoms with Gasteiger partial charge < -0.3 is 5.11 Å². The number of carboxylic acids is 1. The van der Waals surface area contributed by atoms with Crippen LogP contribution in [0.15, 0.2) is 48.5 Å². The third-order valence-electron chi connectivity index (χ3n) is 3.80. The summed E-state index contributed by atoms with van der Waals surface area (Å²) in [5.74, 6) is -1.03. The smallest absolute Gasteiger partial charge is 0.311 e. The molecule has 0 heterocycles. The Morgan fingerprint density at radius 1 is 1.14 bits per heavy atom. The summed E-state index contributed by atoms with van der Waals surface area (Å²) < 4.78 is 0. The fourth-order valence-corrected chi connectivity index (χ4v) is 2.46. The Hall–Kier alpha value is -2.60. The van der Waals surface area contributed by atoms with Gasteiger partial charge in [0.15, 0.2) is 0 Å². The summed E-state index contributed by atoms with van der Waals surface area (Å²) in [6, 6.07) is 17.0. The number of hydrogen-bond donors (Lipinski definition) is 1. The Morgan fingerprint density at radius 3 is 2.32 bits per heavy atom. The van der Waals surface area contributed by atoms with E-state index in [2.05, 4.69) is 19.9 Å². The molecule has 2 aromatic carbocycles. The highest BCUT2D eigenvalue weighted by molar-refractivity contribution is 5.76. The minimum atomic E-state index is -0.848. The summed E-state index contributed by atoms with van der Waals surface area (Å²) in [6.45, 7) is 4.22. The van der Waals surface area contributed by atoms with Crippen LogP contribution in [-0.4, -0.2) is 11.1 Å². The predicted octanol–water partition coefficient (Wildman–Crippen LogP) is 4.09. The predicted molar refractivity (Wildman–Crippen MR) is 85.8 cm³/mol. The number of carboxylic acid groups (broad SMARTS) is 1. The Bertz CT molecular complexity index is 696. The van der Waals surface area contributed by atoms with E-state index in [4.69, 9.17) is 5.26 Å². The highest BCUT2D eigenvalue weighted by atomic mass is 16.4. The van der Waals surface area contributed by atoms with Gasteiger partial charge in [0.2, 0.25) is 0 Å². The second-order valence-corrected chi connectivity index (χ2v) is 5.73. The fraction of sp³-hybridized carbons (Fsp3) is 0.263. The highest BCUT2D eigenvalue weighted by Gasteiger charge is 2.20. The van der Waals surface area contributed by atoms with Crippen molar-refractivity contribution in [2.75, 3.05) is 0 Å². The van der Waals surface area contributed by atoms with E-state index in [1.807, 2.05) is 30.3 Å². The van der Waals surface area contributed by atoms with Gasteiger partial charge >= 0.3 is 5.97 Å². The summed E-state index contributed by atoms with van der Waals surface area (Å²) >= 11 is 0. The number of nitriles is 1. The molecular weight excluding hydrogens is 274 g/mol. The molecule has 0 fully saturated rings. The van der Waals surface area contributed by atoms with Crippen LogP contribution in [0.4, 0.5) is 0 Å². The Kier molecular flexibility index (Phi) is 4.95. The lowest BCUT2D eigenvalue weighted by molar-refractivity contribution is -0.138. The van der Waals surface area contributed by atoms with Crippen LogP contribution in [0.25, 0.3) is 0 Å². The third-order valence-corrected chi connectivity index (χ3v) is 3.80. The summed E-state index contributed by atoms with van der Waals surface area (Å²) in [5.41, 5.74) is 3.40. The maximum absolute atomic E-state index is 11.6. The molecule has 22 heavy (non-hydrogen) atoms. The summed E-state index contributed by atoms with van der Waals surface area (Å²) in [6.07, 6.45) is 0.381. The Labute approximate surface area is 130 Å². The molecule has 0 saturated carbocycles. The van der Waals surface area contributed by atoms with Gasteiger partial charge in [0, 0.05) is 0 Å². The van der Waals surface area contributed by atoms with Crippen LogP contribution in [0.2, 0.25) is 0 Å². The minimum absolute atomic E-state index is 0.381. The van der Waals surface area contributed by atoms with Crippen molar-refractivity contribution in [3.05, 3.63) is 70.8 Å².